The zero-order chi connectivity index (χ0) is 15.0. The van der Waals surface area contributed by atoms with Crippen molar-refractivity contribution in [2.24, 2.45) is 5.73 Å². The number of aromatic nitrogens is 2. The quantitative estimate of drug-likeness (QED) is 0.902. The number of para-hydroxylation sites is 2. The Balaban J connectivity index is 2.48. The Hall–Kier alpha value is -1.60. The molecule has 0 amide bonds. The molecular formula is C13H16F3N3O. The van der Waals surface area contributed by atoms with Crippen LogP contribution in [0.3, 0.4) is 0 Å². The third-order valence-electron chi connectivity index (χ3n) is 3.37. The average Bonchev–Trinajstić information content (AvgIpc) is 2.74. The lowest BCUT2D eigenvalue weighted by molar-refractivity contribution is -0.255. The van der Waals surface area contributed by atoms with Gasteiger partial charge in [0.1, 0.15) is 5.82 Å². The number of aryl methyl sites for hydroxylation is 1. The second-order valence-corrected chi connectivity index (χ2v) is 4.67. The molecule has 2 rings (SSSR count). The molecule has 1 atom stereocenters. The minimum atomic E-state index is -4.79. The summed E-state index contributed by atoms with van der Waals surface area (Å²) in [5, 5.41) is 9.75. The summed E-state index contributed by atoms with van der Waals surface area (Å²) in [4.78, 5) is 4.18. The van der Waals surface area contributed by atoms with Gasteiger partial charge in [-0.25, -0.2) is 4.98 Å². The van der Waals surface area contributed by atoms with E-state index in [-0.39, 0.29) is 5.82 Å². The smallest absolute Gasteiger partial charge is 0.379 e. The van der Waals surface area contributed by atoms with Crippen molar-refractivity contribution in [2.75, 3.05) is 6.54 Å². The van der Waals surface area contributed by atoms with Crippen molar-refractivity contribution in [1.82, 2.24) is 9.55 Å². The van der Waals surface area contributed by atoms with Crippen LogP contribution in [0.25, 0.3) is 11.0 Å². The monoisotopic (exact) mass is 287 g/mol. The normalized spacial score (nSPS) is 15.5. The van der Waals surface area contributed by atoms with E-state index in [4.69, 9.17) is 5.73 Å². The number of nitrogens with two attached hydrogens (primary N) is 1. The van der Waals surface area contributed by atoms with Crippen molar-refractivity contribution in [3.8, 4) is 0 Å². The van der Waals surface area contributed by atoms with Crippen LogP contribution in [0.4, 0.5) is 13.2 Å². The standard InChI is InChI=1S/C13H16F3N3O/c1-2-19-10-6-4-3-5-9(10)18-11(19)7-12(20,8-17)13(14,15)16/h3-6,20H,2,7-8,17H2,1H3. The van der Waals surface area contributed by atoms with Gasteiger partial charge in [0.15, 0.2) is 5.60 Å². The lowest BCUT2D eigenvalue weighted by Gasteiger charge is -2.28. The van der Waals surface area contributed by atoms with Crippen LogP contribution in [0.1, 0.15) is 12.7 Å². The Labute approximate surface area is 114 Å². The lowest BCUT2D eigenvalue weighted by Crippen LogP contribution is -2.53. The summed E-state index contributed by atoms with van der Waals surface area (Å²) >= 11 is 0. The van der Waals surface area contributed by atoms with E-state index >= 15 is 0 Å². The van der Waals surface area contributed by atoms with Gasteiger partial charge in [-0.05, 0) is 19.1 Å². The van der Waals surface area contributed by atoms with Gasteiger partial charge in [-0.3, -0.25) is 0 Å². The minimum Gasteiger partial charge on any atom is -0.379 e. The zero-order valence-corrected chi connectivity index (χ0v) is 11.0. The lowest BCUT2D eigenvalue weighted by atomic mass is 9.99. The van der Waals surface area contributed by atoms with Gasteiger partial charge in [0.25, 0.3) is 0 Å². The van der Waals surface area contributed by atoms with Crippen molar-refractivity contribution >= 4 is 11.0 Å². The van der Waals surface area contributed by atoms with Gasteiger partial charge >= 0.3 is 6.18 Å². The maximum atomic E-state index is 12.9. The Morgan fingerprint density at radius 2 is 1.95 bits per heavy atom. The van der Waals surface area contributed by atoms with E-state index in [1.54, 1.807) is 28.8 Å². The summed E-state index contributed by atoms with van der Waals surface area (Å²) in [6, 6.07) is 7.06. The topological polar surface area (TPSA) is 64.1 Å². The molecule has 0 bridgehead atoms. The molecule has 0 aliphatic carbocycles. The maximum absolute atomic E-state index is 12.9. The predicted octanol–water partition coefficient (Wildman–Crippen LogP) is 1.85. The van der Waals surface area contributed by atoms with Crippen molar-refractivity contribution in [2.45, 2.75) is 31.7 Å². The summed E-state index contributed by atoms with van der Waals surface area (Å²) in [7, 11) is 0. The summed E-state index contributed by atoms with van der Waals surface area (Å²) in [5.41, 5.74) is 3.51. The molecule has 0 aliphatic rings. The van der Waals surface area contributed by atoms with Crippen molar-refractivity contribution in [1.29, 1.82) is 0 Å². The van der Waals surface area contributed by atoms with E-state index in [0.717, 1.165) is 5.52 Å². The molecule has 0 aliphatic heterocycles. The van der Waals surface area contributed by atoms with E-state index < -0.39 is 24.7 Å². The number of halogens is 3. The van der Waals surface area contributed by atoms with Crippen molar-refractivity contribution in [3.63, 3.8) is 0 Å². The molecule has 110 valence electrons. The highest BCUT2D eigenvalue weighted by atomic mass is 19.4. The molecule has 7 heteroatoms. The molecule has 1 aromatic heterocycles. The molecule has 1 heterocycles. The maximum Gasteiger partial charge on any atom is 0.418 e. The number of rotatable bonds is 4. The third kappa shape index (κ3) is 2.38. The van der Waals surface area contributed by atoms with Gasteiger partial charge < -0.3 is 15.4 Å². The zero-order valence-electron chi connectivity index (χ0n) is 11.0. The van der Waals surface area contributed by atoms with E-state index in [1.165, 1.54) is 0 Å². The van der Waals surface area contributed by atoms with Crippen LogP contribution in [0.2, 0.25) is 0 Å². The Morgan fingerprint density at radius 3 is 2.50 bits per heavy atom. The first-order chi connectivity index (χ1) is 9.32. The second-order valence-electron chi connectivity index (χ2n) is 4.67. The summed E-state index contributed by atoms with van der Waals surface area (Å²) in [5.74, 6) is 0.180. The second kappa shape index (κ2) is 5.06. The van der Waals surface area contributed by atoms with Crippen LogP contribution in [0.15, 0.2) is 24.3 Å². The number of hydrogen-bond acceptors (Lipinski definition) is 3. The van der Waals surface area contributed by atoms with Crippen molar-refractivity contribution < 1.29 is 18.3 Å². The highest BCUT2D eigenvalue weighted by Crippen LogP contribution is 2.33. The molecule has 2 aromatic rings. The molecule has 3 N–H and O–H groups in total. The summed E-state index contributed by atoms with van der Waals surface area (Å²) in [6.07, 6.45) is -5.45. The molecule has 1 unspecified atom stereocenters. The van der Waals surface area contributed by atoms with E-state index in [9.17, 15) is 18.3 Å². The summed E-state index contributed by atoms with van der Waals surface area (Å²) < 4.78 is 40.4. The van der Waals surface area contributed by atoms with E-state index in [1.807, 2.05) is 6.92 Å². The van der Waals surface area contributed by atoms with Crippen LogP contribution in [0.5, 0.6) is 0 Å². The van der Waals surface area contributed by atoms with Crippen LogP contribution in [-0.4, -0.2) is 33.0 Å². The van der Waals surface area contributed by atoms with Crippen LogP contribution in [-0.2, 0) is 13.0 Å². The van der Waals surface area contributed by atoms with Gasteiger partial charge in [-0.1, -0.05) is 12.1 Å². The number of alkyl halides is 3. The molecule has 1 aromatic carbocycles. The summed E-state index contributed by atoms with van der Waals surface area (Å²) in [6.45, 7) is 1.38. The molecule has 4 nitrogen and oxygen atoms in total. The number of hydrogen-bond donors (Lipinski definition) is 2. The fraction of sp³-hybridized carbons (Fsp3) is 0.462. The van der Waals surface area contributed by atoms with E-state index in [0.29, 0.717) is 12.1 Å². The molecule has 20 heavy (non-hydrogen) atoms. The van der Waals surface area contributed by atoms with Gasteiger partial charge in [0.05, 0.1) is 11.0 Å². The highest BCUT2D eigenvalue weighted by Gasteiger charge is 2.53. The van der Waals surface area contributed by atoms with Crippen LogP contribution < -0.4 is 5.73 Å². The van der Waals surface area contributed by atoms with Crippen LogP contribution in [0, 0.1) is 0 Å². The number of nitrogens with zero attached hydrogens (tertiary/aromatic N) is 2. The number of fused-ring (bicyclic) bond motifs is 1. The number of benzene rings is 1. The number of aliphatic hydroxyl groups is 1. The van der Waals surface area contributed by atoms with E-state index in [2.05, 4.69) is 4.98 Å². The average molecular weight is 287 g/mol. The minimum absolute atomic E-state index is 0.180. The molecule has 0 saturated carbocycles. The highest BCUT2D eigenvalue weighted by molar-refractivity contribution is 5.75. The molecule has 0 spiro atoms. The van der Waals surface area contributed by atoms with Gasteiger partial charge in [0, 0.05) is 19.5 Å². The first-order valence-corrected chi connectivity index (χ1v) is 6.25. The Morgan fingerprint density at radius 1 is 1.30 bits per heavy atom. The molecule has 0 fully saturated rings. The first-order valence-electron chi connectivity index (χ1n) is 6.25. The van der Waals surface area contributed by atoms with Gasteiger partial charge in [0.2, 0.25) is 0 Å². The van der Waals surface area contributed by atoms with Gasteiger partial charge in [-0.2, -0.15) is 13.2 Å². The molecular weight excluding hydrogens is 271 g/mol. The Bertz CT molecular complexity index is 608. The molecule has 0 saturated heterocycles. The van der Waals surface area contributed by atoms with Crippen LogP contribution >= 0.6 is 0 Å². The molecule has 0 radical (unpaired) electrons. The fourth-order valence-corrected chi connectivity index (χ4v) is 2.16. The predicted molar refractivity (Wildman–Crippen MR) is 69.2 cm³/mol. The third-order valence-corrected chi connectivity index (χ3v) is 3.37. The largest absolute Gasteiger partial charge is 0.418 e. The Kier molecular flexibility index (Phi) is 3.75. The SMILES string of the molecule is CCn1c(CC(O)(CN)C(F)(F)F)nc2ccccc21. The first kappa shape index (κ1) is 14.8. The van der Waals surface area contributed by atoms with Gasteiger partial charge in [-0.15, -0.1) is 0 Å². The van der Waals surface area contributed by atoms with Crippen molar-refractivity contribution in [3.05, 3.63) is 30.1 Å². The fourth-order valence-electron chi connectivity index (χ4n) is 2.16. The number of imidazole rings is 1.